The molecule has 0 aliphatic carbocycles. The minimum atomic E-state index is -3.99. The fraction of sp³-hybridized carbons (Fsp3) is 0.250. The molecule has 0 radical (unpaired) electrons. The molecule has 35 heavy (non-hydrogen) atoms. The van der Waals surface area contributed by atoms with Crippen molar-refractivity contribution in [3.05, 3.63) is 58.4 Å². The Kier molecular flexibility index (Phi) is 8.21. The second kappa shape index (κ2) is 10.6. The van der Waals surface area contributed by atoms with Gasteiger partial charge in [0.2, 0.25) is 9.84 Å². The number of halogens is 1. The molecule has 0 saturated carbocycles. The summed E-state index contributed by atoms with van der Waals surface area (Å²) < 4.78 is 38.5. The summed E-state index contributed by atoms with van der Waals surface area (Å²) in [6.07, 6.45) is 0.909. The minimum Gasteiger partial charge on any atom is -0.497 e. The zero-order valence-corrected chi connectivity index (χ0v) is 23.0. The molecule has 2 N–H and O–H groups in total. The second-order valence-corrected chi connectivity index (χ2v) is 12.8. The highest BCUT2D eigenvalue weighted by atomic mass is 35.5. The molecular formula is C24H25ClN2O5S3. The maximum atomic E-state index is 13.7. The molecule has 0 atom stereocenters. The van der Waals surface area contributed by atoms with Crippen LogP contribution in [0.15, 0.2) is 67.5 Å². The smallest absolute Gasteiger partial charge is 0.436 e. The topological polar surface area (TPSA) is 108 Å². The second-order valence-electron chi connectivity index (χ2n) is 8.32. The van der Waals surface area contributed by atoms with Crippen LogP contribution in [0.1, 0.15) is 25.6 Å². The molecule has 3 rings (SSSR count). The highest BCUT2D eigenvalue weighted by Gasteiger charge is 2.27. The van der Waals surface area contributed by atoms with E-state index in [4.69, 9.17) is 26.8 Å². The lowest BCUT2D eigenvalue weighted by atomic mass is 10.1. The lowest BCUT2D eigenvalue weighted by molar-refractivity contribution is 0.0604. The Balaban J connectivity index is 2.09. The van der Waals surface area contributed by atoms with Gasteiger partial charge in [-0.15, -0.1) is 23.1 Å². The van der Waals surface area contributed by atoms with Gasteiger partial charge < -0.3 is 15.2 Å². The summed E-state index contributed by atoms with van der Waals surface area (Å²) in [5.74, 6) is 0.247. The molecule has 186 valence electrons. The van der Waals surface area contributed by atoms with Crippen molar-refractivity contribution < 1.29 is 22.7 Å². The number of benzene rings is 2. The SMILES string of the molecule is COc1cc(-c2ccccc2Cl)cc(S(=O)(=O)c2cc(C(N)=NC(=O)OC(C)(C)C)sc2SC)c1. The Labute approximate surface area is 218 Å². The Morgan fingerprint density at radius 1 is 1.14 bits per heavy atom. The first-order chi connectivity index (χ1) is 16.4. The Morgan fingerprint density at radius 2 is 1.83 bits per heavy atom. The molecule has 11 heteroatoms. The third kappa shape index (κ3) is 6.38. The zero-order chi connectivity index (χ0) is 26.0. The number of rotatable bonds is 6. The van der Waals surface area contributed by atoms with Crippen LogP contribution < -0.4 is 10.5 Å². The average Bonchev–Trinajstić information content (AvgIpc) is 3.23. The number of carbonyl (C=O) groups excluding carboxylic acids is 1. The van der Waals surface area contributed by atoms with Gasteiger partial charge in [0, 0.05) is 10.6 Å². The summed E-state index contributed by atoms with van der Waals surface area (Å²) in [6, 6.07) is 13.3. The molecule has 0 aliphatic rings. The number of aliphatic imine (C=N–C) groups is 1. The number of hydrogen-bond donors (Lipinski definition) is 1. The lowest BCUT2D eigenvalue weighted by Crippen LogP contribution is -2.24. The molecule has 0 unspecified atom stereocenters. The van der Waals surface area contributed by atoms with Crippen LogP contribution in [0, 0.1) is 0 Å². The van der Waals surface area contributed by atoms with Crippen LogP contribution in [0.5, 0.6) is 5.75 Å². The molecule has 3 aromatic rings. The fourth-order valence-corrected chi connectivity index (χ4v) is 7.28. The number of hydrogen-bond acceptors (Lipinski definition) is 7. The summed E-state index contributed by atoms with van der Waals surface area (Å²) in [6.45, 7) is 5.13. The van der Waals surface area contributed by atoms with E-state index in [9.17, 15) is 13.2 Å². The number of carbonyl (C=O) groups is 1. The van der Waals surface area contributed by atoms with Gasteiger partial charge in [-0.25, -0.2) is 13.2 Å². The fourth-order valence-electron chi connectivity index (χ4n) is 3.07. The van der Waals surface area contributed by atoms with Crippen molar-refractivity contribution in [1.82, 2.24) is 0 Å². The first-order valence-electron chi connectivity index (χ1n) is 10.3. The number of nitrogens with two attached hydrogens (primary N) is 1. The van der Waals surface area contributed by atoms with E-state index in [1.54, 1.807) is 57.4 Å². The molecule has 1 aromatic heterocycles. The van der Waals surface area contributed by atoms with Crippen LogP contribution in [-0.4, -0.2) is 39.3 Å². The first kappa shape index (κ1) is 27.1. The summed E-state index contributed by atoms with van der Waals surface area (Å²) in [4.78, 5) is 16.3. The Bertz CT molecular complexity index is 1390. The molecule has 0 spiro atoms. The number of thioether (sulfide) groups is 1. The van der Waals surface area contributed by atoms with Gasteiger partial charge in [-0.2, -0.15) is 4.99 Å². The van der Waals surface area contributed by atoms with Crippen LogP contribution >= 0.6 is 34.7 Å². The van der Waals surface area contributed by atoms with E-state index in [0.29, 0.717) is 31.0 Å². The van der Waals surface area contributed by atoms with Gasteiger partial charge in [0.05, 0.1) is 26.0 Å². The van der Waals surface area contributed by atoms with Crippen molar-refractivity contribution in [2.24, 2.45) is 10.7 Å². The largest absolute Gasteiger partial charge is 0.497 e. The van der Waals surface area contributed by atoms with Gasteiger partial charge >= 0.3 is 6.09 Å². The van der Waals surface area contributed by atoms with E-state index in [1.807, 2.05) is 6.07 Å². The number of nitrogens with zero attached hydrogens (tertiary/aromatic N) is 1. The number of thiophene rings is 1. The number of amidine groups is 1. The highest BCUT2D eigenvalue weighted by molar-refractivity contribution is 8.01. The summed E-state index contributed by atoms with van der Waals surface area (Å²) >= 11 is 8.74. The van der Waals surface area contributed by atoms with Gasteiger partial charge in [-0.05, 0) is 62.9 Å². The van der Waals surface area contributed by atoms with Crippen molar-refractivity contribution in [2.45, 2.75) is 40.4 Å². The molecule has 0 fully saturated rings. The normalized spacial score (nSPS) is 12.5. The summed E-state index contributed by atoms with van der Waals surface area (Å²) in [5.41, 5.74) is 6.55. The Hall–Kier alpha value is -2.53. The number of amides is 1. The predicted octanol–water partition coefficient (Wildman–Crippen LogP) is 6.27. The molecule has 1 heterocycles. The van der Waals surface area contributed by atoms with E-state index in [1.165, 1.54) is 31.0 Å². The predicted molar refractivity (Wildman–Crippen MR) is 142 cm³/mol. The van der Waals surface area contributed by atoms with Crippen LogP contribution in [-0.2, 0) is 14.6 Å². The molecule has 0 aliphatic heterocycles. The molecule has 7 nitrogen and oxygen atoms in total. The van der Waals surface area contributed by atoms with E-state index < -0.39 is 21.5 Å². The summed E-state index contributed by atoms with van der Waals surface area (Å²) in [5, 5.41) is 0.484. The molecule has 1 amide bonds. The number of sulfone groups is 1. The van der Waals surface area contributed by atoms with E-state index in [2.05, 4.69) is 4.99 Å². The van der Waals surface area contributed by atoms with E-state index >= 15 is 0 Å². The van der Waals surface area contributed by atoms with Crippen molar-refractivity contribution in [3.63, 3.8) is 0 Å². The van der Waals surface area contributed by atoms with E-state index in [0.717, 1.165) is 11.3 Å². The van der Waals surface area contributed by atoms with Gasteiger partial charge in [0.25, 0.3) is 0 Å². The standard InChI is InChI=1S/C24H25ClN2O5S3/c1-24(2,3)32-23(28)27-21(26)19-13-20(22(33-5)34-19)35(29,30)16-11-14(10-15(12-16)31-4)17-8-6-7-9-18(17)25/h6-13H,1-5H3,(H2,26,27,28). The number of methoxy groups -OCH3 is 1. The van der Waals surface area contributed by atoms with Crippen molar-refractivity contribution in [1.29, 1.82) is 0 Å². The Morgan fingerprint density at radius 3 is 2.43 bits per heavy atom. The summed E-state index contributed by atoms with van der Waals surface area (Å²) in [7, 11) is -2.52. The molecular weight excluding hydrogens is 528 g/mol. The van der Waals surface area contributed by atoms with Crippen LogP contribution in [0.25, 0.3) is 11.1 Å². The van der Waals surface area contributed by atoms with Gasteiger partial charge in [-0.3, -0.25) is 0 Å². The maximum Gasteiger partial charge on any atom is 0.436 e. The average molecular weight is 553 g/mol. The third-order valence-corrected chi connectivity index (χ3v) is 9.25. The highest BCUT2D eigenvalue weighted by Crippen LogP contribution is 2.39. The van der Waals surface area contributed by atoms with Crippen molar-refractivity contribution in [3.8, 4) is 16.9 Å². The third-order valence-electron chi connectivity index (χ3n) is 4.61. The zero-order valence-electron chi connectivity index (χ0n) is 19.8. The monoisotopic (exact) mass is 552 g/mol. The number of ether oxygens (including phenoxy) is 2. The minimum absolute atomic E-state index is 0.0362. The van der Waals surface area contributed by atoms with Crippen molar-refractivity contribution in [2.75, 3.05) is 13.4 Å². The van der Waals surface area contributed by atoms with Gasteiger partial charge in [0.15, 0.2) is 0 Å². The van der Waals surface area contributed by atoms with E-state index in [-0.39, 0.29) is 15.6 Å². The van der Waals surface area contributed by atoms with Crippen LogP contribution in [0.4, 0.5) is 4.79 Å². The van der Waals surface area contributed by atoms with Gasteiger partial charge in [-0.1, -0.05) is 29.8 Å². The quantitative estimate of drug-likeness (QED) is 0.218. The van der Waals surface area contributed by atoms with Crippen LogP contribution in [0.2, 0.25) is 5.02 Å². The lowest BCUT2D eigenvalue weighted by Gasteiger charge is -2.17. The molecule has 0 bridgehead atoms. The van der Waals surface area contributed by atoms with Gasteiger partial charge in [0.1, 0.15) is 17.2 Å². The molecule has 2 aromatic carbocycles. The van der Waals surface area contributed by atoms with Crippen LogP contribution in [0.3, 0.4) is 0 Å². The molecule has 0 saturated heterocycles. The first-order valence-corrected chi connectivity index (χ1v) is 14.2. The van der Waals surface area contributed by atoms with Crippen molar-refractivity contribution >= 4 is 56.5 Å². The maximum absolute atomic E-state index is 13.7.